The van der Waals surface area contributed by atoms with E-state index in [9.17, 15) is 19.5 Å². The molecule has 0 radical (unpaired) electrons. The van der Waals surface area contributed by atoms with Crippen molar-refractivity contribution in [3.63, 3.8) is 0 Å². The van der Waals surface area contributed by atoms with Crippen LogP contribution in [0.5, 0.6) is 28.7 Å². The third kappa shape index (κ3) is 6.13. The van der Waals surface area contributed by atoms with Gasteiger partial charge in [-0.1, -0.05) is 0 Å². The fraction of sp³-hybridized carbons (Fsp3) is 0.545. The van der Waals surface area contributed by atoms with E-state index in [0.717, 1.165) is 0 Å². The Labute approximate surface area is 295 Å². The predicted molar refractivity (Wildman–Crippen MR) is 168 cm³/mol. The van der Waals surface area contributed by atoms with Gasteiger partial charge in [0.25, 0.3) is 0 Å². The minimum atomic E-state index is -1.39. The molecule has 50 heavy (non-hydrogen) atoms. The smallest absolute Gasteiger partial charge is 0.321 e. The Hall–Kier alpha value is -3.73. The van der Waals surface area contributed by atoms with Gasteiger partial charge in [0.15, 0.2) is 47.8 Å². The highest BCUT2D eigenvalue weighted by molar-refractivity contribution is 6.26. The third-order valence-corrected chi connectivity index (χ3v) is 9.89. The second-order valence-corrected chi connectivity index (χ2v) is 12.7. The lowest BCUT2D eigenvalue weighted by Crippen LogP contribution is -2.65. The van der Waals surface area contributed by atoms with Crippen LogP contribution in [0.4, 0.5) is 0 Å². The van der Waals surface area contributed by atoms with E-state index < -0.39 is 90.5 Å². The molecule has 0 amide bonds. The minimum absolute atomic E-state index is 0.0263. The van der Waals surface area contributed by atoms with E-state index in [1.807, 2.05) is 0 Å². The Morgan fingerprint density at radius 2 is 1.52 bits per heavy atom. The zero-order valence-corrected chi connectivity index (χ0v) is 28.5. The molecule has 0 aromatic heterocycles. The van der Waals surface area contributed by atoms with Crippen LogP contribution in [-0.2, 0) is 47.5 Å². The van der Waals surface area contributed by atoms with E-state index in [-0.39, 0.29) is 37.3 Å². The number of esters is 3. The van der Waals surface area contributed by atoms with Crippen molar-refractivity contribution in [2.75, 3.05) is 46.0 Å². The molecule has 1 aliphatic carbocycles. The minimum Gasteiger partial charge on any atom is -0.502 e. The maximum atomic E-state index is 13.7. The van der Waals surface area contributed by atoms with Crippen molar-refractivity contribution in [2.24, 2.45) is 11.8 Å². The molecule has 0 bridgehead atoms. The lowest BCUT2D eigenvalue weighted by Gasteiger charge is -2.49. The molecule has 3 saturated heterocycles. The SMILES string of the molecule is COc1cc([C@@H]2c3cc4c(cc3[C@@H](O[C@@H]3O[C@@H]5CO[C@@H](C)O[C@H]5[C@H](OC(=O)CCl)[C@H]3OC(=O)CCl)[C@H]3COC(=O)[C@H]23)OCO4)cc(OC)c1O. The van der Waals surface area contributed by atoms with E-state index >= 15 is 0 Å². The molecule has 5 aliphatic rings. The summed E-state index contributed by atoms with van der Waals surface area (Å²) in [5.41, 5.74) is 1.81. The number of ether oxygens (including phenoxy) is 11. The number of methoxy groups -OCH3 is 2. The fourth-order valence-corrected chi connectivity index (χ4v) is 7.45. The summed E-state index contributed by atoms with van der Waals surface area (Å²) >= 11 is 11.6. The van der Waals surface area contributed by atoms with Crippen LogP contribution in [0.1, 0.15) is 35.6 Å². The van der Waals surface area contributed by atoms with Crippen molar-refractivity contribution >= 4 is 41.1 Å². The van der Waals surface area contributed by atoms with Gasteiger partial charge in [0.2, 0.25) is 12.5 Å². The number of alkyl halides is 2. The lowest BCUT2D eigenvalue weighted by molar-refractivity contribution is -0.365. The Bertz CT molecular complexity index is 1630. The summed E-state index contributed by atoms with van der Waals surface area (Å²) in [6, 6.07) is 6.79. The summed E-state index contributed by atoms with van der Waals surface area (Å²) in [5.74, 6) is -4.25. The van der Waals surface area contributed by atoms with Crippen molar-refractivity contribution in [3.8, 4) is 28.7 Å². The molecule has 2 aromatic carbocycles. The van der Waals surface area contributed by atoms with Crippen LogP contribution in [-0.4, -0.2) is 106 Å². The molecule has 4 aliphatic heterocycles. The molecule has 3 fully saturated rings. The standard InChI is InChI=1S/C33H34Cl2O15/c1-13-42-11-22-29(46-13)30(48-23(36)8-34)31(49-24(37)9-35)33(47-22)50-28-16-7-19-18(44-12-45-19)6-15(16)25(26-17(28)10-43-32(26)39)14-4-20(40-2)27(38)21(5-14)41-3/h4-7,13,17,22,25-26,28-31,33,38H,8-12H2,1-3H3/t13-,17+,22-,25-,26+,28-,29-,30+,31-,33+/m1/s1. The number of phenolic OH excluding ortho intramolecular Hbond substituents is 1. The molecule has 2 aromatic rings. The van der Waals surface area contributed by atoms with Gasteiger partial charge in [-0.3, -0.25) is 14.4 Å². The molecule has 0 unspecified atom stereocenters. The van der Waals surface area contributed by atoms with Gasteiger partial charge in [-0.05, 0) is 47.9 Å². The molecule has 17 heteroatoms. The monoisotopic (exact) mass is 740 g/mol. The first-order valence-corrected chi connectivity index (χ1v) is 16.9. The van der Waals surface area contributed by atoms with Crippen molar-refractivity contribution in [1.29, 1.82) is 0 Å². The van der Waals surface area contributed by atoms with Crippen LogP contribution in [0.25, 0.3) is 0 Å². The molecular weight excluding hydrogens is 707 g/mol. The van der Waals surface area contributed by atoms with Crippen LogP contribution in [0.2, 0.25) is 0 Å². The fourth-order valence-electron chi connectivity index (χ4n) is 7.33. The molecule has 0 spiro atoms. The first kappa shape index (κ1) is 34.7. The summed E-state index contributed by atoms with van der Waals surface area (Å²) in [6.45, 7) is 1.64. The number of rotatable bonds is 9. The van der Waals surface area contributed by atoms with Crippen LogP contribution < -0.4 is 18.9 Å². The van der Waals surface area contributed by atoms with Crippen molar-refractivity contribution in [3.05, 3.63) is 41.0 Å². The van der Waals surface area contributed by atoms with E-state index in [0.29, 0.717) is 28.2 Å². The highest BCUT2D eigenvalue weighted by Crippen LogP contribution is 2.57. The average Bonchev–Trinajstić information content (AvgIpc) is 3.74. The molecule has 270 valence electrons. The summed E-state index contributed by atoms with van der Waals surface area (Å²) in [7, 11) is 2.81. The number of cyclic esters (lactones) is 1. The van der Waals surface area contributed by atoms with Crippen molar-refractivity contribution in [2.45, 2.75) is 55.9 Å². The highest BCUT2D eigenvalue weighted by Gasteiger charge is 2.58. The number of benzene rings is 2. The number of halogens is 2. The normalized spacial score (nSPS) is 32.2. The predicted octanol–water partition coefficient (Wildman–Crippen LogP) is 2.92. The maximum absolute atomic E-state index is 13.7. The van der Waals surface area contributed by atoms with Gasteiger partial charge >= 0.3 is 17.9 Å². The zero-order chi connectivity index (χ0) is 35.3. The summed E-state index contributed by atoms with van der Waals surface area (Å²) in [6.07, 6.45) is -7.36. The van der Waals surface area contributed by atoms with Crippen LogP contribution in [0.15, 0.2) is 24.3 Å². The topological polar surface area (TPSA) is 173 Å². The molecular formula is C33H34Cl2O15. The van der Waals surface area contributed by atoms with E-state index in [1.54, 1.807) is 31.2 Å². The van der Waals surface area contributed by atoms with Crippen LogP contribution >= 0.6 is 23.2 Å². The first-order chi connectivity index (χ1) is 24.1. The molecule has 10 atom stereocenters. The molecule has 4 heterocycles. The Morgan fingerprint density at radius 1 is 0.880 bits per heavy atom. The van der Waals surface area contributed by atoms with Gasteiger partial charge in [-0.2, -0.15) is 0 Å². The Balaban J connectivity index is 1.34. The van der Waals surface area contributed by atoms with Crippen molar-refractivity contribution < 1.29 is 71.6 Å². The molecule has 1 N–H and O–H groups in total. The number of aromatic hydroxyl groups is 1. The molecule has 15 nitrogen and oxygen atoms in total. The van der Waals surface area contributed by atoms with Gasteiger partial charge < -0.3 is 57.2 Å². The number of fused-ring (bicyclic) bond motifs is 4. The van der Waals surface area contributed by atoms with Crippen molar-refractivity contribution in [1.82, 2.24) is 0 Å². The second-order valence-electron chi connectivity index (χ2n) is 12.2. The Morgan fingerprint density at radius 3 is 2.16 bits per heavy atom. The molecule has 7 rings (SSSR count). The molecule has 0 saturated carbocycles. The maximum Gasteiger partial charge on any atom is 0.321 e. The van der Waals surface area contributed by atoms with Gasteiger partial charge in [-0.15, -0.1) is 23.2 Å². The zero-order valence-electron chi connectivity index (χ0n) is 27.0. The number of carbonyl (C=O) groups is 3. The quantitative estimate of drug-likeness (QED) is 0.226. The third-order valence-electron chi connectivity index (χ3n) is 9.45. The highest BCUT2D eigenvalue weighted by atomic mass is 35.5. The van der Waals surface area contributed by atoms with Gasteiger partial charge in [0.05, 0.1) is 39.5 Å². The first-order valence-electron chi connectivity index (χ1n) is 15.8. The lowest BCUT2D eigenvalue weighted by atomic mass is 9.66. The number of hydrogen-bond donors (Lipinski definition) is 1. The number of carbonyl (C=O) groups excluding carboxylic acids is 3. The number of phenols is 1. The average molecular weight is 742 g/mol. The van der Waals surface area contributed by atoms with Gasteiger partial charge in [0.1, 0.15) is 24.0 Å². The second kappa shape index (κ2) is 14.1. The largest absolute Gasteiger partial charge is 0.502 e. The summed E-state index contributed by atoms with van der Waals surface area (Å²) < 4.78 is 64.2. The van der Waals surface area contributed by atoms with Crippen LogP contribution in [0.3, 0.4) is 0 Å². The summed E-state index contributed by atoms with van der Waals surface area (Å²) in [4.78, 5) is 38.9. The van der Waals surface area contributed by atoms with Gasteiger partial charge in [-0.25, -0.2) is 0 Å². The van der Waals surface area contributed by atoms with Gasteiger partial charge in [0, 0.05) is 11.8 Å². The van der Waals surface area contributed by atoms with E-state index in [1.165, 1.54) is 14.2 Å². The number of hydrogen-bond acceptors (Lipinski definition) is 15. The van der Waals surface area contributed by atoms with E-state index in [2.05, 4.69) is 0 Å². The van der Waals surface area contributed by atoms with Crippen LogP contribution in [0, 0.1) is 11.8 Å². The van der Waals surface area contributed by atoms with E-state index in [4.69, 9.17) is 75.3 Å². The summed E-state index contributed by atoms with van der Waals surface area (Å²) in [5, 5.41) is 10.7. The Kier molecular flexibility index (Phi) is 9.80.